The average molecular weight is 227 g/mol. The lowest BCUT2D eigenvalue weighted by Gasteiger charge is -2.11. The maximum Gasteiger partial charge on any atom is 0.371 e. The number of urea groups is 1. The number of rotatable bonds is 4. The molecule has 7 heteroatoms. The van der Waals surface area contributed by atoms with Crippen LogP contribution in [0.15, 0.2) is 16.5 Å². The van der Waals surface area contributed by atoms with Crippen molar-refractivity contribution in [3.63, 3.8) is 0 Å². The third-order valence-electron chi connectivity index (χ3n) is 1.62. The number of hydrogen-bond donors (Lipinski definition) is 3. The van der Waals surface area contributed by atoms with Gasteiger partial charge < -0.3 is 14.8 Å². The number of furan rings is 1. The average Bonchev–Trinajstić information content (AvgIpc) is 2.61. The summed E-state index contributed by atoms with van der Waals surface area (Å²) in [5, 5.41) is 12.6. The van der Waals surface area contributed by atoms with E-state index in [9.17, 15) is 9.59 Å². The third-order valence-corrected chi connectivity index (χ3v) is 1.62. The van der Waals surface area contributed by atoms with Gasteiger partial charge in [-0.3, -0.25) is 5.43 Å². The molecule has 0 saturated carbocycles. The molecule has 2 amide bonds. The summed E-state index contributed by atoms with van der Waals surface area (Å²) in [6.07, 6.45) is 0. The summed E-state index contributed by atoms with van der Waals surface area (Å²) in [5.41, 5.74) is 2.47. The van der Waals surface area contributed by atoms with Crippen LogP contribution in [0.1, 0.15) is 16.3 Å². The number of carboxylic acids is 1. The van der Waals surface area contributed by atoms with Crippen LogP contribution >= 0.6 is 0 Å². The predicted molar refractivity (Wildman–Crippen MR) is 54.7 cm³/mol. The maximum absolute atomic E-state index is 11.1. The van der Waals surface area contributed by atoms with Crippen LogP contribution in [-0.4, -0.2) is 36.2 Å². The Hall–Kier alpha value is -2.02. The second-order valence-electron chi connectivity index (χ2n) is 3.26. The maximum atomic E-state index is 11.1. The number of hydrogen-bond acceptors (Lipinski definition) is 4. The van der Waals surface area contributed by atoms with Gasteiger partial charge in [0.25, 0.3) is 0 Å². The van der Waals surface area contributed by atoms with Gasteiger partial charge in [0.2, 0.25) is 5.76 Å². The van der Waals surface area contributed by atoms with Crippen molar-refractivity contribution >= 4 is 12.0 Å². The van der Waals surface area contributed by atoms with Gasteiger partial charge in [-0.05, 0) is 12.1 Å². The minimum atomic E-state index is -1.14. The zero-order valence-corrected chi connectivity index (χ0v) is 8.98. The molecule has 88 valence electrons. The molecular weight excluding hydrogens is 214 g/mol. The molecule has 1 aromatic heterocycles. The van der Waals surface area contributed by atoms with Crippen molar-refractivity contribution in [1.29, 1.82) is 0 Å². The fraction of sp³-hybridized carbons (Fsp3) is 0.333. The second kappa shape index (κ2) is 5.17. The van der Waals surface area contributed by atoms with Crippen LogP contribution in [0, 0.1) is 0 Å². The first-order chi connectivity index (χ1) is 7.49. The second-order valence-corrected chi connectivity index (χ2v) is 3.26. The Morgan fingerprint density at radius 3 is 2.62 bits per heavy atom. The van der Waals surface area contributed by atoms with Crippen molar-refractivity contribution < 1.29 is 19.1 Å². The first-order valence-electron chi connectivity index (χ1n) is 4.53. The number of carboxylic acid groups (broad SMARTS) is 1. The van der Waals surface area contributed by atoms with Gasteiger partial charge in [0, 0.05) is 14.1 Å². The van der Waals surface area contributed by atoms with E-state index >= 15 is 0 Å². The molecule has 0 bridgehead atoms. The molecule has 7 nitrogen and oxygen atoms in total. The monoisotopic (exact) mass is 227 g/mol. The lowest BCUT2D eigenvalue weighted by Crippen LogP contribution is -2.42. The van der Waals surface area contributed by atoms with Crippen molar-refractivity contribution in [1.82, 2.24) is 15.8 Å². The molecule has 0 saturated heterocycles. The molecule has 0 radical (unpaired) electrons. The highest BCUT2D eigenvalue weighted by atomic mass is 16.4. The number of aromatic carboxylic acids is 1. The van der Waals surface area contributed by atoms with Gasteiger partial charge in [0.1, 0.15) is 5.76 Å². The Kier molecular flexibility index (Phi) is 3.90. The number of amides is 2. The lowest BCUT2D eigenvalue weighted by atomic mass is 10.4. The Morgan fingerprint density at radius 2 is 2.12 bits per heavy atom. The summed E-state index contributed by atoms with van der Waals surface area (Å²) < 4.78 is 4.94. The smallest absolute Gasteiger partial charge is 0.371 e. The third kappa shape index (κ3) is 3.62. The van der Waals surface area contributed by atoms with Crippen molar-refractivity contribution in [3.05, 3.63) is 23.7 Å². The minimum Gasteiger partial charge on any atom is -0.475 e. The number of nitrogens with zero attached hydrogens (tertiary/aromatic N) is 1. The van der Waals surface area contributed by atoms with E-state index in [-0.39, 0.29) is 12.3 Å². The zero-order valence-electron chi connectivity index (χ0n) is 8.98. The van der Waals surface area contributed by atoms with Crippen LogP contribution < -0.4 is 10.7 Å². The molecule has 1 rings (SSSR count). The van der Waals surface area contributed by atoms with E-state index in [1.807, 2.05) is 0 Å². The molecule has 0 aliphatic carbocycles. The van der Waals surface area contributed by atoms with Crippen LogP contribution in [0.5, 0.6) is 0 Å². The SMILES string of the molecule is CN(C)NC(=O)NCc1ccc(C(=O)O)o1. The van der Waals surface area contributed by atoms with Crippen LogP contribution in [0.2, 0.25) is 0 Å². The van der Waals surface area contributed by atoms with E-state index in [4.69, 9.17) is 9.52 Å². The van der Waals surface area contributed by atoms with E-state index in [1.165, 1.54) is 17.1 Å². The molecular formula is C9H13N3O4. The van der Waals surface area contributed by atoms with Gasteiger partial charge in [-0.1, -0.05) is 0 Å². The largest absolute Gasteiger partial charge is 0.475 e. The normalized spacial score (nSPS) is 10.2. The van der Waals surface area contributed by atoms with Crippen LogP contribution in [0.25, 0.3) is 0 Å². The summed E-state index contributed by atoms with van der Waals surface area (Å²) in [6, 6.07) is 2.45. The van der Waals surface area contributed by atoms with Gasteiger partial charge >= 0.3 is 12.0 Å². The van der Waals surface area contributed by atoms with Crippen LogP contribution in [-0.2, 0) is 6.54 Å². The highest BCUT2D eigenvalue weighted by molar-refractivity contribution is 5.84. The van der Waals surface area contributed by atoms with Gasteiger partial charge in [-0.15, -0.1) is 0 Å². The van der Waals surface area contributed by atoms with Crippen molar-refractivity contribution in [2.75, 3.05) is 14.1 Å². The van der Waals surface area contributed by atoms with E-state index in [2.05, 4.69) is 10.7 Å². The van der Waals surface area contributed by atoms with Crippen LogP contribution in [0.4, 0.5) is 4.79 Å². The van der Waals surface area contributed by atoms with Gasteiger partial charge in [-0.2, -0.15) is 0 Å². The van der Waals surface area contributed by atoms with Gasteiger partial charge in [0.15, 0.2) is 0 Å². The Morgan fingerprint density at radius 1 is 1.44 bits per heavy atom. The van der Waals surface area contributed by atoms with Crippen molar-refractivity contribution in [3.8, 4) is 0 Å². The summed E-state index contributed by atoms with van der Waals surface area (Å²) in [6.45, 7) is 0.132. The predicted octanol–water partition coefficient (Wildman–Crippen LogP) is 0.254. The van der Waals surface area contributed by atoms with E-state index in [0.29, 0.717) is 5.76 Å². The topological polar surface area (TPSA) is 94.8 Å². The van der Waals surface area contributed by atoms with Gasteiger partial charge in [0.05, 0.1) is 6.54 Å². The molecule has 0 unspecified atom stereocenters. The fourth-order valence-electron chi connectivity index (χ4n) is 0.998. The zero-order chi connectivity index (χ0) is 12.1. The molecule has 0 aromatic carbocycles. The highest BCUT2D eigenvalue weighted by Gasteiger charge is 2.09. The van der Waals surface area contributed by atoms with E-state index in [0.717, 1.165) is 0 Å². The lowest BCUT2D eigenvalue weighted by molar-refractivity contribution is 0.0660. The molecule has 3 N–H and O–H groups in total. The molecule has 1 heterocycles. The number of carbonyl (C=O) groups excluding carboxylic acids is 1. The Bertz CT molecular complexity index is 386. The highest BCUT2D eigenvalue weighted by Crippen LogP contribution is 2.07. The Balaban J connectivity index is 2.42. The molecule has 1 aromatic rings. The Labute approximate surface area is 92.0 Å². The number of hydrazine groups is 1. The molecule has 0 spiro atoms. The summed E-state index contributed by atoms with van der Waals surface area (Å²) in [5.74, 6) is -0.903. The number of carbonyl (C=O) groups is 2. The van der Waals surface area contributed by atoms with E-state index < -0.39 is 12.0 Å². The molecule has 0 atom stereocenters. The quantitative estimate of drug-likeness (QED) is 0.641. The van der Waals surface area contributed by atoms with E-state index in [1.54, 1.807) is 14.1 Å². The minimum absolute atomic E-state index is 0.132. The molecule has 0 aliphatic heterocycles. The first kappa shape index (κ1) is 12.1. The van der Waals surface area contributed by atoms with Crippen LogP contribution in [0.3, 0.4) is 0 Å². The molecule has 0 aliphatic rings. The van der Waals surface area contributed by atoms with Crippen molar-refractivity contribution in [2.45, 2.75) is 6.54 Å². The fourth-order valence-corrected chi connectivity index (χ4v) is 0.998. The molecule has 16 heavy (non-hydrogen) atoms. The summed E-state index contributed by atoms with van der Waals surface area (Å²) in [4.78, 5) is 21.6. The standard InChI is InChI=1S/C9H13N3O4/c1-12(2)11-9(15)10-5-6-3-4-7(16-6)8(13)14/h3-4H,5H2,1-2H3,(H,13,14)(H2,10,11,15). The molecule has 0 fully saturated rings. The summed E-state index contributed by atoms with van der Waals surface area (Å²) in [7, 11) is 3.35. The summed E-state index contributed by atoms with van der Waals surface area (Å²) >= 11 is 0. The number of nitrogens with one attached hydrogen (secondary N) is 2. The first-order valence-corrected chi connectivity index (χ1v) is 4.53. The van der Waals surface area contributed by atoms with Gasteiger partial charge in [-0.25, -0.2) is 14.6 Å². The van der Waals surface area contributed by atoms with Crippen molar-refractivity contribution in [2.24, 2.45) is 0 Å².